The van der Waals surface area contributed by atoms with Crippen molar-refractivity contribution in [2.45, 2.75) is 13.0 Å². The Bertz CT molecular complexity index is 794. The van der Waals surface area contributed by atoms with Gasteiger partial charge in [0.1, 0.15) is 0 Å². The molecule has 0 bridgehead atoms. The molecule has 0 radical (unpaired) electrons. The topological polar surface area (TPSA) is 102 Å². The Morgan fingerprint density at radius 2 is 2.04 bits per heavy atom. The van der Waals surface area contributed by atoms with E-state index < -0.39 is 34.1 Å². The molecule has 0 unspecified atom stereocenters. The lowest BCUT2D eigenvalue weighted by molar-refractivity contribution is -0.385. The maximum Gasteiger partial charge on any atom is 0.310 e. The molecule has 7 nitrogen and oxygen atoms in total. The van der Waals surface area contributed by atoms with Crippen LogP contribution in [0.15, 0.2) is 36.4 Å². The van der Waals surface area contributed by atoms with Crippen LogP contribution in [0.25, 0.3) is 0 Å². The lowest BCUT2D eigenvalue weighted by Gasteiger charge is -2.15. The molecule has 0 aliphatic rings. The number of hydrogen-bond donors (Lipinski definition) is 2. The average molecular weight is 334 g/mol. The number of phenols is 1. The first-order valence-corrected chi connectivity index (χ1v) is 6.95. The van der Waals surface area contributed by atoms with Gasteiger partial charge < -0.3 is 15.2 Å². The van der Waals surface area contributed by atoms with Crippen LogP contribution in [0.5, 0.6) is 11.5 Å². The second-order valence-corrected chi connectivity index (χ2v) is 5.05. The van der Waals surface area contributed by atoms with E-state index in [1.807, 2.05) is 0 Å². The zero-order valence-electron chi connectivity index (χ0n) is 12.9. The highest BCUT2D eigenvalue weighted by molar-refractivity contribution is 5.95. The monoisotopic (exact) mass is 334 g/mol. The van der Waals surface area contributed by atoms with E-state index in [0.717, 1.165) is 12.1 Å². The number of nitro benzene ring substituents is 1. The third kappa shape index (κ3) is 3.60. The maximum atomic E-state index is 13.7. The Kier molecular flexibility index (Phi) is 4.98. The highest BCUT2D eigenvalue weighted by atomic mass is 19.1. The summed E-state index contributed by atoms with van der Waals surface area (Å²) < 4.78 is 18.5. The van der Waals surface area contributed by atoms with Crippen molar-refractivity contribution in [1.29, 1.82) is 0 Å². The van der Waals surface area contributed by atoms with Crippen molar-refractivity contribution in [1.82, 2.24) is 5.32 Å². The van der Waals surface area contributed by atoms with Crippen LogP contribution in [0.4, 0.5) is 10.1 Å². The van der Waals surface area contributed by atoms with E-state index in [2.05, 4.69) is 5.32 Å². The number of hydrogen-bond acceptors (Lipinski definition) is 5. The molecule has 2 aromatic carbocycles. The Morgan fingerprint density at radius 3 is 2.58 bits per heavy atom. The molecule has 2 N–H and O–H groups in total. The number of phenolic OH excluding ortho intramolecular Hbond substituents is 1. The number of nitrogens with zero attached hydrogens (tertiary/aromatic N) is 1. The zero-order chi connectivity index (χ0) is 17.9. The molecule has 0 spiro atoms. The normalized spacial score (nSPS) is 11.6. The number of aromatic hydroxyl groups is 1. The first-order valence-electron chi connectivity index (χ1n) is 6.95. The number of amides is 1. The molecule has 0 aliphatic heterocycles. The van der Waals surface area contributed by atoms with Crippen LogP contribution < -0.4 is 10.1 Å². The molecule has 0 saturated carbocycles. The van der Waals surface area contributed by atoms with E-state index in [0.29, 0.717) is 5.56 Å². The van der Waals surface area contributed by atoms with Gasteiger partial charge in [0.2, 0.25) is 0 Å². The van der Waals surface area contributed by atoms with Crippen LogP contribution in [0.1, 0.15) is 28.9 Å². The Morgan fingerprint density at radius 1 is 1.33 bits per heavy atom. The fraction of sp³-hybridized carbons (Fsp3) is 0.188. The highest BCUT2D eigenvalue weighted by Gasteiger charge is 2.18. The lowest BCUT2D eigenvalue weighted by atomic mass is 10.1. The summed E-state index contributed by atoms with van der Waals surface area (Å²) in [6.45, 7) is 1.66. The SMILES string of the molecule is COc1ccc([C@H](C)NC(=O)c2ccc([N+](=O)[O-])c(O)c2)cc1F. The van der Waals surface area contributed by atoms with E-state index in [9.17, 15) is 24.4 Å². The van der Waals surface area contributed by atoms with E-state index in [1.54, 1.807) is 13.0 Å². The minimum Gasteiger partial charge on any atom is -0.502 e. The molecule has 8 heteroatoms. The van der Waals surface area contributed by atoms with Gasteiger partial charge in [-0.3, -0.25) is 14.9 Å². The number of halogens is 1. The first-order chi connectivity index (χ1) is 11.3. The number of carbonyl (C=O) groups is 1. The second kappa shape index (κ2) is 6.95. The smallest absolute Gasteiger partial charge is 0.310 e. The van der Waals surface area contributed by atoms with Crippen molar-refractivity contribution in [2.24, 2.45) is 0 Å². The number of ether oxygens (including phenoxy) is 1. The highest BCUT2D eigenvalue weighted by Crippen LogP contribution is 2.27. The molecule has 24 heavy (non-hydrogen) atoms. The quantitative estimate of drug-likeness (QED) is 0.646. The van der Waals surface area contributed by atoms with E-state index in [-0.39, 0.29) is 11.3 Å². The van der Waals surface area contributed by atoms with Crippen molar-refractivity contribution in [3.05, 3.63) is 63.5 Å². The van der Waals surface area contributed by atoms with Gasteiger partial charge in [-0.15, -0.1) is 0 Å². The molecule has 0 fully saturated rings. The maximum absolute atomic E-state index is 13.7. The number of benzene rings is 2. The summed E-state index contributed by atoms with van der Waals surface area (Å²) in [5.74, 6) is -1.61. The van der Waals surface area contributed by atoms with E-state index in [1.165, 1.54) is 25.3 Å². The number of rotatable bonds is 5. The van der Waals surface area contributed by atoms with Crippen LogP contribution in [-0.2, 0) is 0 Å². The molecule has 2 rings (SSSR count). The van der Waals surface area contributed by atoms with Crippen molar-refractivity contribution < 1.29 is 24.0 Å². The molecule has 2 aromatic rings. The molecular formula is C16H15FN2O5. The van der Waals surface area contributed by atoms with Crippen molar-refractivity contribution in [2.75, 3.05) is 7.11 Å². The van der Waals surface area contributed by atoms with Crippen LogP contribution in [0.3, 0.4) is 0 Å². The summed E-state index contributed by atoms with van der Waals surface area (Å²) in [5, 5.41) is 22.8. The molecule has 126 valence electrons. The zero-order valence-corrected chi connectivity index (χ0v) is 12.9. The number of nitrogens with one attached hydrogen (secondary N) is 1. The van der Waals surface area contributed by atoms with Crippen LogP contribution in [-0.4, -0.2) is 23.0 Å². The number of nitro groups is 1. The molecule has 0 saturated heterocycles. The van der Waals surface area contributed by atoms with Crippen LogP contribution >= 0.6 is 0 Å². The third-order valence-corrected chi connectivity index (χ3v) is 3.46. The average Bonchev–Trinajstić information content (AvgIpc) is 2.54. The van der Waals surface area contributed by atoms with Crippen molar-refractivity contribution in [3.8, 4) is 11.5 Å². The van der Waals surface area contributed by atoms with Gasteiger partial charge in [0.05, 0.1) is 18.1 Å². The molecule has 0 heterocycles. The van der Waals surface area contributed by atoms with Gasteiger partial charge in [0, 0.05) is 11.6 Å². The molecule has 0 aliphatic carbocycles. The lowest BCUT2D eigenvalue weighted by Crippen LogP contribution is -2.26. The Hall–Kier alpha value is -3.16. The van der Waals surface area contributed by atoms with Crippen molar-refractivity contribution in [3.63, 3.8) is 0 Å². The minimum absolute atomic E-state index is 0.0546. The third-order valence-electron chi connectivity index (χ3n) is 3.46. The fourth-order valence-corrected chi connectivity index (χ4v) is 2.13. The number of methoxy groups -OCH3 is 1. The van der Waals surface area contributed by atoms with E-state index in [4.69, 9.17) is 4.74 Å². The summed E-state index contributed by atoms with van der Waals surface area (Å²) >= 11 is 0. The first kappa shape index (κ1) is 17.2. The minimum atomic E-state index is -0.750. The Balaban J connectivity index is 2.15. The Labute approximate surface area is 136 Å². The van der Waals surface area contributed by atoms with Gasteiger partial charge in [-0.05, 0) is 36.8 Å². The van der Waals surface area contributed by atoms with E-state index >= 15 is 0 Å². The fourth-order valence-electron chi connectivity index (χ4n) is 2.13. The van der Waals surface area contributed by atoms with Gasteiger partial charge in [-0.1, -0.05) is 6.07 Å². The van der Waals surface area contributed by atoms with Crippen LogP contribution in [0, 0.1) is 15.9 Å². The summed E-state index contributed by atoms with van der Waals surface area (Å²) in [4.78, 5) is 22.1. The molecular weight excluding hydrogens is 319 g/mol. The summed E-state index contributed by atoms with van der Waals surface area (Å²) in [6, 6.07) is 7.07. The van der Waals surface area contributed by atoms with Gasteiger partial charge in [0.25, 0.3) is 5.91 Å². The summed E-state index contributed by atoms with van der Waals surface area (Å²) in [5.41, 5.74) is 0.0866. The second-order valence-electron chi connectivity index (χ2n) is 5.05. The standard InChI is InChI=1S/C16H15FN2O5/c1-9(10-4-6-15(24-2)12(17)7-10)18-16(21)11-3-5-13(19(22)23)14(20)8-11/h3-9,20H,1-2H3,(H,18,21)/t9-/m0/s1. The molecule has 1 atom stereocenters. The van der Waals surface area contributed by atoms with Crippen molar-refractivity contribution >= 4 is 11.6 Å². The largest absolute Gasteiger partial charge is 0.502 e. The summed E-state index contributed by atoms with van der Waals surface area (Å²) in [6.07, 6.45) is 0. The predicted octanol–water partition coefficient (Wildman–Crippen LogP) is 2.94. The number of carbonyl (C=O) groups excluding carboxylic acids is 1. The van der Waals surface area contributed by atoms with Gasteiger partial charge in [-0.2, -0.15) is 0 Å². The van der Waals surface area contributed by atoms with Crippen LogP contribution in [0.2, 0.25) is 0 Å². The van der Waals surface area contributed by atoms with Gasteiger partial charge in [0.15, 0.2) is 17.3 Å². The summed E-state index contributed by atoms with van der Waals surface area (Å²) in [7, 11) is 1.35. The van der Waals surface area contributed by atoms with Gasteiger partial charge in [-0.25, -0.2) is 4.39 Å². The molecule has 1 amide bonds. The predicted molar refractivity (Wildman–Crippen MR) is 83.6 cm³/mol. The molecule has 0 aromatic heterocycles. The van der Waals surface area contributed by atoms with Gasteiger partial charge >= 0.3 is 5.69 Å².